The van der Waals surface area contributed by atoms with E-state index in [1.54, 1.807) is 19.2 Å². The van der Waals surface area contributed by atoms with Crippen molar-refractivity contribution in [3.05, 3.63) is 23.7 Å². The lowest BCUT2D eigenvalue weighted by molar-refractivity contribution is 0.0892. The summed E-state index contributed by atoms with van der Waals surface area (Å²) in [6, 6.07) is 3.31. The number of aliphatic hydroxyl groups excluding tert-OH is 1. The maximum atomic E-state index is 11.8. The Morgan fingerprint density at radius 2 is 2.35 bits per heavy atom. The highest BCUT2D eigenvalue weighted by atomic mass is 16.5. The van der Waals surface area contributed by atoms with Crippen LogP contribution in [-0.2, 0) is 11.3 Å². The van der Waals surface area contributed by atoms with Crippen molar-refractivity contribution in [1.29, 1.82) is 0 Å². The molecule has 17 heavy (non-hydrogen) atoms. The largest absolute Gasteiger partial charge is 0.453 e. The van der Waals surface area contributed by atoms with Gasteiger partial charge in [-0.05, 0) is 25.0 Å². The minimum absolute atomic E-state index is 0.0246. The summed E-state index contributed by atoms with van der Waals surface area (Å²) in [4.78, 5) is 11.8. The van der Waals surface area contributed by atoms with Crippen LogP contribution in [0.2, 0.25) is 0 Å². The molecule has 1 aromatic heterocycles. The molecule has 1 amide bonds. The molecule has 0 bridgehead atoms. The van der Waals surface area contributed by atoms with Gasteiger partial charge in [-0.2, -0.15) is 0 Å². The van der Waals surface area contributed by atoms with Crippen molar-refractivity contribution >= 4 is 5.91 Å². The molecule has 2 N–H and O–H groups in total. The molecule has 1 unspecified atom stereocenters. The van der Waals surface area contributed by atoms with E-state index in [9.17, 15) is 4.79 Å². The van der Waals surface area contributed by atoms with Gasteiger partial charge in [-0.15, -0.1) is 0 Å². The van der Waals surface area contributed by atoms with Crippen LogP contribution in [0.1, 0.15) is 36.1 Å². The fraction of sp³-hybridized carbons (Fsp3) is 0.583. The molecule has 0 aliphatic rings. The Morgan fingerprint density at radius 1 is 1.59 bits per heavy atom. The number of carbonyl (C=O) groups excluding carboxylic acids is 1. The molecule has 0 saturated carbocycles. The van der Waals surface area contributed by atoms with E-state index < -0.39 is 0 Å². The Hall–Kier alpha value is -1.33. The summed E-state index contributed by atoms with van der Waals surface area (Å²) in [6.07, 6.45) is 1.33. The monoisotopic (exact) mass is 241 g/mol. The van der Waals surface area contributed by atoms with Gasteiger partial charge in [0, 0.05) is 19.8 Å². The molecule has 0 aliphatic heterocycles. The van der Waals surface area contributed by atoms with E-state index in [4.69, 9.17) is 14.3 Å². The average Bonchev–Trinajstić information content (AvgIpc) is 2.77. The van der Waals surface area contributed by atoms with E-state index in [0.717, 1.165) is 6.42 Å². The Labute approximate surface area is 101 Å². The number of amides is 1. The van der Waals surface area contributed by atoms with E-state index in [-0.39, 0.29) is 24.3 Å². The molecule has 1 atom stereocenters. The minimum Gasteiger partial charge on any atom is -0.453 e. The van der Waals surface area contributed by atoms with Gasteiger partial charge in [0.25, 0.3) is 5.91 Å². The summed E-state index contributed by atoms with van der Waals surface area (Å²) >= 11 is 0. The molecule has 0 saturated heterocycles. The zero-order valence-corrected chi connectivity index (χ0v) is 10.2. The van der Waals surface area contributed by atoms with Crippen molar-refractivity contribution in [2.45, 2.75) is 32.4 Å². The molecular formula is C12H19NO4. The highest BCUT2D eigenvalue weighted by molar-refractivity contribution is 5.91. The Balaban J connectivity index is 2.55. The summed E-state index contributed by atoms with van der Waals surface area (Å²) in [5.74, 6) is 0.633. The summed E-state index contributed by atoms with van der Waals surface area (Å²) < 4.78 is 10.2. The molecule has 1 rings (SSSR count). The third-order valence-corrected chi connectivity index (χ3v) is 2.48. The number of hydrogen-bond donors (Lipinski definition) is 2. The Bertz CT molecular complexity index is 348. The van der Waals surface area contributed by atoms with Crippen LogP contribution in [0.3, 0.4) is 0 Å². The number of carbonyl (C=O) groups is 1. The van der Waals surface area contributed by atoms with Gasteiger partial charge < -0.3 is 19.6 Å². The maximum Gasteiger partial charge on any atom is 0.287 e. The molecule has 0 aromatic carbocycles. The molecule has 0 aliphatic carbocycles. The topological polar surface area (TPSA) is 71.7 Å². The lowest BCUT2D eigenvalue weighted by Crippen LogP contribution is -2.34. The molecule has 0 fully saturated rings. The number of ether oxygens (including phenoxy) is 1. The highest BCUT2D eigenvalue weighted by Crippen LogP contribution is 2.09. The average molecular weight is 241 g/mol. The first-order valence-corrected chi connectivity index (χ1v) is 5.70. The molecule has 0 spiro atoms. The number of hydrogen-bond acceptors (Lipinski definition) is 4. The standard InChI is InChI=1S/C12H19NO4/c1-3-9(6-7-14)13-12(15)11-5-4-10(17-11)8-16-2/h4-5,9,14H,3,6-8H2,1-2H3,(H,13,15). The molecule has 96 valence electrons. The van der Waals surface area contributed by atoms with Gasteiger partial charge in [0.15, 0.2) is 5.76 Å². The third kappa shape index (κ3) is 4.20. The molecule has 0 radical (unpaired) electrons. The fourth-order valence-corrected chi connectivity index (χ4v) is 1.51. The van der Waals surface area contributed by atoms with Crippen LogP contribution >= 0.6 is 0 Å². The summed E-state index contributed by atoms with van der Waals surface area (Å²) in [5.41, 5.74) is 0. The van der Waals surface area contributed by atoms with Gasteiger partial charge in [-0.25, -0.2) is 0 Å². The van der Waals surface area contributed by atoms with E-state index in [2.05, 4.69) is 5.32 Å². The SMILES string of the molecule is CCC(CCO)NC(=O)c1ccc(COC)o1. The van der Waals surface area contributed by atoms with Gasteiger partial charge in [0.1, 0.15) is 12.4 Å². The molecule has 5 heteroatoms. The number of nitrogens with one attached hydrogen (secondary N) is 1. The van der Waals surface area contributed by atoms with Crippen LogP contribution < -0.4 is 5.32 Å². The molecule has 1 heterocycles. The van der Waals surface area contributed by atoms with Gasteiger partial charge >= 0.3 is 0 Å². The Morgan fingerprint density at radius 3 is 2.94 bits per heavy atom. The van der Waals surface area contributed by atoms with Gasteiger partial charge in [-0.1, -0.05) is 6.92 Å². The van der Waals surface area contributed by atoms with Crippen molar-refractivity contribution in [3.63, 3.8) is 0 Å². The first-order chi connectivity index (χ1) is 8.21. The minimum atomic E-state index is -0.257. The molecule has 1 aromatic rings. The first kappa shape index (κ1) is 13.7. The smallest absolute Gasteiger partial charge is 0.287 e. The number of rotatable bonds is 7. The van der Waals surface area contributed by atoms with Crippen LogP contribution in [0, 0.1) is 0 Å². The van der Waals surface area contributed by atoms with Gasteiger partial charge in [-0.3, -0.25) is 4.79 Å². The molecule has 5 nitrogen and oxygen atoms in total. The first-order valence-electron chi connectivity index (χ1n) is 5.70. The quantitative estimate of drug-likeness (QED) is 0.755. The van der Waals surface area contributed by atoms with Gasteiger partial charge in [0.05, 0.1) is 0 Å². The van der Waals surface area contributed by atoms with Crippen molar-refractivity contribution in [2.24, 2.45) is 0 Å². The lowest BCUT2D eigenvalue weighted by Gasteiger charge is -2.14. The molecular weight excluding hydrogens is 222 g/mol. The third-order valence-electron chi connectivity index (χ3n) is 2.48. The summed E-state index contributed by atoms with van der Waals surface area (Å²) in [7, 11) is 1.57. The van der Waals surface area contributed by atoms with Crippen molar-refractivity contribution < 1.29 is 19.1 Å². The predicted molar refractivity (Wildman–Crippen MR) is 62.7 cm³/mol. The van der Waals surface area contributed by atoms with E-state index in [1.807, 2.05) is 6.92 Å². The van der Waals surface area contributed by atoms with Gasteiger partial charge in [0.2, 0.25) is 0 Å². The van der Waals surface area contributed by atoms with E-state index in [1.165, 1.54) is 0 Å². The lowest BCUT2D eigenvalue weighted by atomic mass is 10.1. The van der Waals surface area contributed by atoms with E-state index in [0.29, 0.717) is 18.8 Å². The van der Waals surface area contributed by atoms with E-state index >= 15 is 0 Å². The number of furan rings is 1. The van der Waals surface area contributed by atoms with Crippen molar-refractivity contribution in [3.8, 4) is 0 Å². The van der Waals surface area contributed by atoms with Crippen LogP contribution in [0.4, 0.5) is 0 Å². The van der Waals surface area contributed by atoms with Crippen LogP contribution in [0.5, 0.6) is 0 Å². The van der Waals surface area contributed by atoms with Crippen LogP contribution in [-0.4, -0.2) is 30.8 Å². The summed E-state index contributed by atoms with van der Waals surface area (Å²) in [6.45, 7) is 2.37. The Kier molecular flexibility index (Phi) is 5.72. The number of methoxy groups -OCH3 is 1. The second-order valence-electron chi connectivity index (χ2n) is 3.79. The second kappa shape index (κ2) is 7.09. The number of aliphatic hydroxyl groups is 1. The second-order valence-corrected chi connectivity index (χ2v) is 3.79. The van der Waals surface area contributed by atoms with Crippen molar-refractivity contribution in [1.82, 2.24) is 5.32 Å². The van der Waals surface area contributed by atoms with Crippen molar-refractivity contribution in [2.75, 3.05) is 13.7 Å². The zero-order valence-electron chi connectivity index (χ0n) is 10.2. The predicted octanol–water partition coefficient (Wildman–Crippen LogP) is 1.32. The fourth-order valence-electron chi connectivity index (χ4n) is 1.51. The summed E-state index contributed by atoms with van der Waals surface area (Å²) in [5, 5.41) is 11.6. The maximum absolute atomic E-state index is 11.8. The van der Waals surface area contributed by atoms with Crippen LogP contribution in [0.25, 0.3) is 0 Å². The van der Waals surface area contributed by atoms with Crippen LogP contribution in [0.15, 0.2) is 16.5 Å². The normalized spacial score (nSPS) is 12.4. The zero-order chi connectivity index (χ0) is 12.7. The highest BCUT2D eigenvalue weighted by Gasteiger charge is 2.15.